The summed E-state index contributed by atoms with van der Waals surface area (Å²) in [6.45, 7) is 12.4. The van der Waals surface area contributed by atoms with Gasteiger partial charge in [0, 0.05) is 51.4 Å². The summed E-state index contributed by atoms with van der Waals surface area (Å²) >= 11 is 11.6. The normalized spacial score (nSPS) is 17.8. The van der Waals surface area contributed by atoms with Crippen molar-refractivity contribution in [2.75, 3.05) is 61.6 Å². The first-order valence-electron chi connectivity index (χ1n) is 19.1. The first-order valence-corrected chi connectivity index (χ1v) is 25.6. The Morgan fingerprint density at radius 2 is 1.17 bits per heavy atom. The quantitative estimate of drug-likeness (QED) is 0.0956. The standard InChI is InChI=1S/C39H45I6N5O14/c1-16(51)48-31-26(41)24(29(44)32(30(31)45)49(9)17(2)52)36(56)61-19(4)62-37(57)58-11-10-50(18(3)53)33-27(42)22(34(54)46-12-20-14-59-38(5,6)63-20)25(40)23(28(33)43)35(55)47-13-21-15-60-39(7,8)64-21/h19-21H,10-15H2,1-9H3,(H,46,54)(H,47,55)(H,48,51). The van der Waals surface area contributed by atoms with E-state index in [1.807, 2.05) is 136 Å². The van der Waals surface area contributed by atoms with E-state index in [9.17, 15) is 33.6 Å². The summed E-state index contributed by atoms with van der Waals surface area (Å²) in [7, 11) is 1.52. The van der Waals surface area contributed by atoms with Crippen LogP contribution in [-0.2, 0) is 47.5 Å². The van der Waals surface area contributed by atoms with Gasteiger partial charge in [0.05, 0.1) is 71.4 Å². The van der Waals surface area contributed by atoms with Gasteiger partial charge < -0.3 is 58.9 Å². The van der Waals surface area contributed by atoms with Crippen LogP contribution in [0.1, 0.15) is 86.5 Å². The average molecular weight is 1570 g/mol. The molecular weight excluding hydrogens is 1520 g/mol. The van der Waals surface area contributed by atoms with Gasteiger partial charge in [-0.05, 0) is 163 Å². The van der Waals surface area contributed by atoms with Crippen LogP contribution in [0, 0.1) is 21.4 Å². The van der Waals surface area contributed by atoms with Crippen molar-refractivity contribution in [3.8, 4) is 0 Å². The molecule has 352 valence electrons. The summed E-state index contributed by atoms with van der Waals surface area (Å²) in [4.78, 5) is 94.9. The molecule has 2 aliphatic rings. The number of benzene rings is 2. The van der Waals surface area contributed by atoms with Gasteiger partial charge in [-0.2, -0.15) is 0 Å². The van der Waals surface area contributed by atoms with Gasteiger partial charge in [0.15, 0.2) is 11.6 Å². The molecular formula is C39H45I6N5O14. The maximum absolute atomic E-state index is 14.0. The summed E-state index contributed by atoms with van der Waals surface area (Å²) in [5, 5.41) is 8.45. The number of anilines is 3. The molecule has 2 saturated heterocycles. The van der Waals surface area contributed by atoms with E-state index >= 15 is 0 Å². The van der Waals surface area contributed by atoms with Crippen LogP contribution in [0.3, 0.4) is 0 Å². The first-order chi connectivity index (χ1) is 29.7. The van der Waals surface area contributed by atoms with E-state index in [0.29, 0.717) is 32.8 Å². The number of esters is 1. The van der Waals surface area contributed by atoms with Gasteiger partial charge in [0.25, 0.3) is 11.8 Å². The molecule has 19 nitrogen and oxygen atoms in total. The minimum atomic E-state index is -1.48. The van der Waals surface area contributed by atoms with Gasteiger partial charge in [-0.15, -0.1) is 0 Å². The van der Waals surface area contributed by atoms with E-state index in [1.54, 1.807) is 27.7 Å². The molecule has 0 aliphatic carbocycles. The predicted molar refractivity (Wildman–Crippen MR) is 282 cm³/mol. The molecule has 25 heteroatoms. The predicted octanol–water partition coefficient (Wildman–Crippen LogP) is 6.73. The number of halogens is 6. The molecule has 0 spiro atoms. The molecule has 64 heavy (non-hydrogen) atoms. The Hall–Kier alpha value is -1.25. The highest BCUT2D eigenvalue weighted by Crippen LogP contribution is 2.41. The molecule has 0 aromatic heterocycles. The number of nitrogens with one attached hydrogen (secondary N) is 3. The van der Waals surface area contributed by atoms with Crippen molar-refractivity contribution in [3.63, 3.8) is 0 Å². The summed E-state index contributed by atoms with van der Waals surface area (Å²) in [6.07, 6.45) is -3.57. The van der Waals surface area contributed by atoms with Gasteiger partial charge >= 0.3 is 12.1 Å². The van der Waals surface area contributed by atoms with Crippen LogP contribution in [0.2, 0.25) is 0 Å². The number of nitrogens with zero attached hydrogens (tertiary/aromatic N) is 2. The summed E-state index contributed by atoms with van der Waals surface area (Å²) in [5.41, 5.74) is 1.16. The molecule has 0 bridgehead atoms. The minimum absolute atomic E-state index is 0.0203. The Morgan fingerprint density at radius 3 is 1.59 bits per heavy atom. The number of ether oxygens (including phenoxy) is 7. The molecule has 3 unspecified atom stereocenters. The third-order valence-electron chi connectivity index (χ3n) is 9.19. The molecule has 2 aliphatic heterocycles. The number of hydrogen-bond donors (Lipinski definition) is 3. The fraction of sp³-hybridized carbons (Fsp3) is 0.513. The largest absolute Gasteiger partial charge is 0.511 e. The highest BCUT2D eigenvalue weighted by molar-refractivity contribution is 14.1. The molecule has 2 aromatic rings. The number of amides is 5. The van der Waals surface area contributed by atoms with Crippen molar-refractivity contribution in [1.29, 1.82) is 0 Å². The smallest absolute Gasteiger partial charge is 0.432 e. The molecule has 2 heterocycles. The highest BCUT2D eigenvalue weighted by atomic mass is 127. The molecule has 0 radical (unpaired) electrons. The highest BCUT2D eigenvalue weighted by Gasteiger charge is 2.37. The summed E-state index contributed by atoms with van der Waals surface area (Å²) in [6, 6.07) is 0. The zero-order valence-electron chi connectivity index (χ0n) is 35.9. The van der Waals surface area contributed by atoms with Crippen LogP contribution in [0.4, 0.5) is 21.9 Å². The molecule has 0 saturated carbocycles. The second kappa shape index (κ2) is 23.4. The van der Waals surface area contributed by atoms with Crippen molar-refractivity contribution in [2.45, 2.75) is 85.5 Å². The average Bonchev–Trinajstić information content (AvgIpc) is 3.72. The molecule has 5 amide bonds. The van der Waals surface area contributed by atoms with E-state index in [4.69, 9.17) is 33.2 Å². The Morgan fingerprint density at radius 1 is 0.688 bits per heavy atom. The number of hydrogen-bond acceptors (Lipinski definition) is 14. The van der Waals surface area contributed by atoms with Gasteiger partial charge in [0.2, 0.25) is 24.0 Å². The number of carbonyl (C=O) groups is 7. The van der Waals surface area contributed by atoms with Gasteiger partial charge in [-0.25, -0.2) is 9.59 Å². The molecule has 3 N–H and O–H groups in total. The molecule has 3 atom stereocenters. The Balaban J connectivity index is 1.55. The Kier molecular flexibility index (Phi) is 20.2. The van der Waals surface area contributed by atoms with E-state index in [1.165, 1.54) is 44.5 Å². The van der Waals surface area contributed by atoms with Crippen LogP contribution in [0.5, 0.6) is 0 Å². The molecule has 4 rings (SSSR count). The van der Waals surface area contributed by atoms with Crippen LogP contribution < -0.4 is 25.8 Å². The fourth-order valence-corrected chi connectivity index (χ4v) is 15.5. The first kappa shape index (κ1) is 55.3. The van der Waals surface area contributed by atoms with E-state index < -0.39 is 72.4 Å². The van der Waals surface area contributed by atoms with Crippen molar-refractivity contribution in [2.24, 2.45) is 0 Å². The zero-order valence-corrected chi connectivity index (χ0v) is 48.8. The van der Waals surface area contributed by atoms with Crippen molar-refractivity contribution >= 4 is 194 Å². The second-order valence-electron chi connectivity index (χ2n) is 15.0. The lowest BCUT2D eigenvalue weighted by Gasteiger charge is -2.27. The SMILES string of the molecule is CC(=O)Nc1c(I)c(C(=O)OC(C)OC(=O)OCCN(C(C)=O)c2c(I)c(C(=O)NCC3COC(C)(C)O3)c(I)c(C(=O)NCC3COC(C)(C)O3)c2I)c(I)c(N(C)C(C)=O)c1I. The zero-order chi connectivity index (χ0) is 48.2. The topological polar surface area (TPSA) is 227 Å². The van der Waals surface area contributed by atoms with Crippen molar-refractivity contribution in [3.05, 3.63) is 38.1 Å². The van der Waals surface area contributed by atoms with E-state index in [2.05, 4.69) is 16.0 Å². The Labute approximate surface area is 451 Å². The van der Waals surface area contributed by atoms with E-state index in [-0.39, 0.29) is 61.1 Å². The maximum atomic E-state index is 14.0. The summed E-state index contributed by atoms with van der Waals surface area (Å²) in [5.74, 6) is -4.85. The van der Waals surface area contributed by atoms with Gasteiger partial charge in [-0.1, -0.05) is 0 Å². The second-order valence-corrected chi connectivity index (χ2v) is 21.5. The monoisotopic (exact) mass is 1570 g/mol. The third kappa shape index (κ3) is 13.9. The van der Waals surface area contributed by atoms with Crippen LogP contribution >= 0.6 is 136 Å². The van der Waals surface area contributed by atoms with Crippen LogP contribution in [0.15, 0.2) is 0 Å². The lowest BCUT2D eigenvalue weighted by Crippen LogP contribution is -2.39. The van der Waals surface area contributed by atoms with Crippen molar-refractivity contribution in [1.82, 2.24) is 10.6 Å². The van der Waals surface area contributed by atoms with Crippen molar-refractivity contribution < 1.29 is 66.7 Å². The fourth-order valence-electron chi connectivity index (χ4n) is 6.22. The molecule has 2 aromatic carbocycles. The van der Waals surface area contributed by atoms with Crippen LogP contribution in [-0.4, -0.2) is 118 Å². The number of carbonyl (C=O) groups excluding carboxylic acids is 7. The minimum Gasteiger partial charge on any atom is -0.432 e. The maximum Gasteiger partial charge on any atom is 0.511 e. The molecule has 2 fully saturated rings. The lowest BCUT2D eigenvalue weighted by molar-refractivity contribution is -0.138. The lowest BCUT2D eigenvalue weighted by atomic mass is 10.1. The summed E-state index contributed by atoms with van der Waals surface area (Å²) < 4.78 is 41.2. The number of rotatable bonds is 15. The van der Waals surface area contributed by atoms with Crippen LogP contribution in [0.25, 0.3) is 0 Å². The van der Waals surface area contributed by atoms with E-state index in [0.717, 1.165) is 0 Å². The third-order valence-corrected chi connectivity index (χ3v) is 15.5. The van der Waals surface area contributed by atoms with Gasteiger partial charge in [0.1, 0.15) is 18.8 Å². The van der Waals surface area contributed by atoms with Gasteiger partial charge in [-0.3, -0.25) is 24.0 Å². The Bertz CT molecular complexity index is 2160.